The van der Waals surface area contributed by atoms with Gasteiger partial charge in [0.25, 0.3) is 5.91 Å². The van der Waals surface area contributed by atoms with E-state index in [1.165, 1.54) is 0 Å². The van der Waals surface area contributed by atoms with Crippen molar-refractivity contribution >= 4 is 16.9 Å². The minimum atomic E-state index is -0.553. The Morgan fingerprint density at radius 2 is 2.24 bits per heavy atom. The van der Waals surface area contributed by atoms with Crippen molar-refractivity contribution in [3.8, 4) is 0 Å². The van der Waals surface area contributed by atoms with Crippen LogP contribution in [0.2, 0.25) is 0 Å². The number of nitrogens with one attached hydrogen (secondary N) is 1. The summed E-state index contributed by atoms with van der Waals surface area (Å²) in [5, 5.41) is 14.4. The highest BCUT2D eigenvalue weighted by Gasteiger charge is 2.26. The van der Waals surface area contributed by atoms with E-state index in [1.807, 2.05) is 47.7 Å². The van der Waals surface area contributed by atoms with Crippen molar-refractivity contribution in [3.05, 3.63) is 47.0 Å². The highest BCUT2D eigenvalue weighted by atomic mass is 16.3. The number of hydrogen-bond acceptors (Lipinski definition) is 4. The molecule has 130 valence electrons. The fourth-order valence-electron chi connectivity index (χ4n) is 3.33. The van der Waals surface area contributed by atoms with Gasteiger partial charge in [0.15, 0.2) is 0 Å². The van der Waals surface area contributed by atoms with E-state index >= 15 is 0 Å². The van der Waals surface area contributed by atoms with Gasteiger partial charge in [0, 0.05) is 6.54 Å². The van der Waals surface area contributed by atoms with Gasteiger partial charge in [0.2, 0.25) is 0 Å². The lowest BCUT2D eigenvalue weighted by Crippen LogP contribution is -2.38. The number of rotatable bonds is 3. The van der Waals surface area contributed by atoms with Crippen LogP contribution in [0.3, 0.4) is 0 Å². The van der Waals surface area contributed by atoms with Gasteiger partial charge in [0.05, 0.1) is 41.7 Å². The minimum absolute atomic E-state index is 0.0258. The second kappa shape index (κ2) is 6.00. The molecular weight excluding hydrogens is 318 g/mol. The topological polar surface area (TPSA) is 87.0 Å². The maximum atomic E-state index is 13.0. The van der Waals surface area contributed by atoms with Crippen LogP contribution in [0.4, 0.5) is 0 Å². The molecule has 0 fully saturated rings. The number of carbonyl (C=O) groups excluding carboxylic acids is 1. The Morgan fingerprint density at radius 3 is 3.04 bits per heavy atom. The first-order valence-corrected chi connectivity index (χ1v) is 8.56. The fraction of sp³-hybridized carbons (Fsp3) is 0.389. The third-order valence-corrected chi connectivity index (χ3v) is 4.69. The zero-order valence-electron chi connectivity index (χ0n) is 14.4. The SMILES string of the molecule is CCC(O)c1cc2n(n1)CCN(C(=O)c1cccc3[nH]c(C)nc13)C2. The molecule has 3 heterocycles. The van der Waals surface area contributed by atoms with Gasteiger partial charge in [0.1, 0.15) is 11.3 Å². The summed E-state index contributed by atoms with van der Waals surface area (Å²) in [4.78, 5) is 22.5. The molecular formula is C18H21N5O2. The Hall–Kier alpha value is -2.67. The average molecular weight is 339 g/mol. The number of aryl methyl sites for hydroxylation is 1. The molecule has 1 amide bonds. The Labute approximate surface area is 145 Å². The number of aromatic nitrogens is 4. The lowest BCUT2D eigenvalue weighted by atomic mass is 10.1. The number of fused-ring (bicyclic) bond motifs is 2. The predicted molar refractivity (Wildman–Crippen MR) is 93.0 cm³/mol. The number of amides is 1. The Balaban J connectivity index is 1.62. The molecule has 0 aliphatic carbocycles. The Kier molecular flexibility index (Phi) is 3.80. The monoisotopic (exact) mass is 339 g/mol. The third-order valence-electron chi connectivity index (χ3n) is 4.69. The summed E-state index contributed by atoms with van der Waals surface area (Å²) >= 11 is 0. The number of hydrogen-bond donors (Lipinski definition) is 2. The smallest absolute Gasteiger partial charge is 0.256 e. The minimum Gasteiger partial charge on any atom is -0.387 e. The van der Waals surface area contributed by atoms with E-state index in [0.717, 1.165) is 17.0 Å². The van der Waals surface area contributed by atoms with Gasteiger partial charge in [-0.3, -0.25) is 9.48 Å². The number of aliphatic hydroxyl groups is 1. The van der Waals surface area contributed by atoms with E-state index in [9.17, 15) is 9.90 Å². The molecule has 1 unspecified atom stereocenters. The van der Waals surface area contributed by atoms with Crippen molar-refractivity contribution in [2.24, 2.45) is 0 Å². The zero-order chi connectivity index (χ0) is 17.6. The van der Waals surface area contributed by atoms with E-state index in [1.54, 1.807) is 0 Å². The Bertz CT molecular complexity index is 942. The van der Waals surface area contributed by atoms with Crippen LogP contribution < -0.4 is 0 Å². The highest BCUT2D eigenvalue weighted by molar-refractivity contribution is 6.04. The molecule has 0 saturated heterocycles. The number of benzene rings is 1. The predicted octanol–water partition coefficient (Wildman–Crippen LogP) is 2.17. The standard InChI is InChI=1S/C18H21N5O2/c1-3-16(24)15-9-12-10-22(7-8-23(12)21-15)18(25)13-5-4-6-14-17(13)20-11(2)19-14/h4-6,9,16,24H,3,7-8,10H2,1-2H3,(H,19,20). The highest BCUT2D eigenvalue weighted by Crippen LogP contribution is 2.23. The molecule has 7 heteroatoms. The summed E-state index contributed by atoms with van der Waals surface area (Å²) in [6, 6.07) is 7.52. The first-order chi connectivity index (χ1) is 12.1. The van der Waals surface area contributed by atoms with Crippen molar-refractivity contribution in [2.45, 2.75) is 39.5 Å². The average Bonchev–Trinajstić information content (AvgIpc) is 3.21. The number of carbonyl (C=O) groups is 1. The van der Waals surface area contributed by atoms with E-state index in [4.69, 9.17) is 0 Å². The van der Waals surface area contributed by atoms with Crippen LogP contribution in [0.1, 0.15) is 47.0 Å². The van der Waals surface area contributed by atoms with Crippen molar-refractivity contribution in [1.29, 1.82) is 0 Å². The van der Waals surface area contributed by atoms with Crippen LogP contribution in [0.25, 0.3) is 11.0 Å². The first kappa shape index (κ1) is 15.8. The molecule has 0 saturated carbocycles. The molecule has 1 atom stereocenters. The molecule has 7 nitrogen and oxygen atoms in total. The van der Waals surface area contributed by atoms with Crippen LogP contribution in [0.15, 0.2) is 24.3 Å². The van der Waals surface area contributed by atoms with Crippen molar-refractivity contribution in [3.63, 3.8) is 0 Å². The van der Waals surface area contributed by atoms with Gasteiger partial charge in [-0.1, -0.05) is 13.0 Å². The van der Waals surface area contributed by atoms with Gasteiger partial charge in [-0.05, 0) is 31.5 Å². The molecule has 1 aliphatic heterocycles. The number of H-pyrrole nitrogens is 1. The number of imidazole rings is 1. The van der Waals surface area contributed by atoms with Gasteiger partial charge < -0.3 is 15.0 Å². The van der Waals surface area contributed by atoms with Gasteiger partial charge in [-0.2, -0.15) is 5.10 Å². The summed E-state index contributed by atoms with van der Waals surface area (Å²) in [5.41, 5.74) is 3.83. The lowest BCUT2D eigenvalue weighted by Gasteiger charge is -2.27. The summed E-state index contributed by atoms with van der Waals surface area (Å²) in [5.74, 6) is 0.771. The van der Waals surface area contributed by atoms with Crippen LogP contribution >= 0.6 is 0 Å². The Morgan fingerprint density at radius 1 is 1.40 bits per heavy atom. The summed E-state index contributed by atoms with van der Waals surface area (Å²) in [6.07, 6.45) is 0.0719. The van der Waals surface area contributed by atoms with Crippen LogP contribution in [-0.2, 0) is 13.1 Å². The number of nitrogens with zero attached hydrogens (tertiary/aromatic N) is 4. The fourth-order valence-corrected chi connectivity index (χ4v) is 3.33. The molecule has 0 bridgehead atoms. The van der Waals surface area contributed by atoms with E-state index in [-0.39, 0.29) is 5.91 Å². The lowest BCUT2D eigenvalue weighted by molar-refractivity contribution is 0.0707. The number of aliphatic hydroxyl groups excluding tert-OH is 1. The van der Waals surface area contributed by atoms with Gasteiger partial charge in [-0.15, -0.1) is 0 Å². The van der Waals surface area contributed by atoms with Crippen LogP contribution in [0.5, 0.6) is 0 Å². The number of para-hydroxylation sites is 1. The third kappa shape index (κ3) is 2.70. The molecule has 2 N–H and O–H groups in total. The maximum Gasteiger partial charge on any atom is 0.256 e. The second-order valence-corrected chi connectivity index (χ2v) is 6.46. The van der Waals surface area contributed by atoms with Crippen LogP contribution in [-0.4, -0.2) is 42.2 Å². The maximum absolute atomic E-state index is 13.0. The van der Waals surface area contributed by atoms with E-state index < -0.39 is 6.10 Å². The number of aromatic amines is 1. The van der Waals surface area contributed by atoms with Crippen LogP contribution in [0, 0.1) is 6.92 Å². The molecule has 0 spiro atoms. The molecule has 2 aromatic heterocycles. The quantitative estimate of drug-likeness (QED) is 0.765. The molecule has 25 heavy (non-hydrogen) atoms. The molecule has 3 aromatic rings. The normalized spacial score (nSPS) is 15.4. The summed E-state index contributed by atoms with van der Waals surface area (Å²) < 4.78 is 1.89. The van der Waals surface area contributed by atoms with E-state index in [0.29, 0.717) is 42.8 Å². The van der Waals surface area contributed by atoms with Crippen molar-refractivity contribution < 1.29 is 9.90 Å². The molecule has 0 radical (unpaired) electrons. The van der Waals surface area contributed by atoms with Gasteiger partial charge in [-0.25, -0.2) is 4.98 Å². The second-order valence-electron chi connectivity index (χ2n) is 6.46. The van der Waals surface area contributed by atoms with E-state index in [2.05, 4.69) is 15.1 Å². The largest absolute Gasteiger partial charge is 0.387 e. The molecule has 1 aromatic carbocycles. The van der Waals surface area contributed by atoms with Crippen molar-refractivity contribution in [1.82, 2.24) is 24.6 Å². The van der Waals surface area contributed by atoms with Gasteiger partial charge >= 0.3 is 0 Å². The summed E-state index contributed by atoms with van der Waals surface area (Å²) in [6.45, 7) is 5.52. The molecule has 4 rings (SSSR count). The zero-order valence-corrected chi connectivity index (χ0v) is 14.4. The summed E-state index contributed by atoms with van der Waals surface area (Å²) in [7, 11) is 0. The van der Waals surface area contributed by atoms with Crippen molar-refractivity contribution in [2.75, 3.05) is 6.54 Å². The first-order valence-electron chi connectivity index (χ1n) is 8.56. The molecule has 1 aliphatic rings.